The van der Waals surface area contributed by atoms with Gasteiger partial charge in [0.25, 0.3) is 0 Å². The number of hydrogen-bond donors (Lipinski definition) is 2. The smallest absolute Gasteiger partial charge is 0.227 e. The Morgan fingerprint density at radius 2 is 1.70 bits per heavy atom. The number of nitrogens with two attached hydrogens (primary N) is 1. The van der Waals surface area contributed by atoms with Gasteiger partial charge in [0.1, 0.15) is 0 Å². The molecule has 0 atom stereocenters. The molecule has 0 aromatic rings. The standard InChI is InChI=1S/C15H30N2O2.ClH/c1-4-14(5-2,6-3)12-17-13(18)15(11-16)7-9-19-10-8-15;/h4-12,16H2,1-3H3,(H,17,18);1H. The lowest BCUT2D eigenvalue weighted by Gasteiger charge is -2.37. The first kappa shape index (κ1) is 19.7. The first-order valence-electron chi connectivity index (χ1n) is 7.64. The van der Waals surface area contributed by atoms with E-state index in [1.54, 1.807) is 0 Å². The van der Waals surface area contributed by atoms with E-state index in [-0.39, 0.29) is 23.7 Å². The van der Waals surface area contributed by atoms with E-state index in [1.807, 2.05) is 0 Å². The van der Waals surface area contributed by atoms with Gasteiger partial charge in [-0.2, -0.15) is 0 Å². The molecular formula is C15H31ClN2O2. The van der Waals surface area contributed by atoms with Gasteiger partial charge in [-0.15, -0.1) is 12.4 Å². The van der Waals surface area contributed by atoms with E-state index in [9.17, 15) is 4.79 Å². The number of nitrogens with one attached hydrogen (secondary N) is 1. The molecule has 0 spiro atoms. The van der Waals surface area contributed by atoms with Crippen LogP contribution in [0.5, 0.6) is 0 Å². The summed E-state index contributed by atoms with van der Waals surface area (Å²) in [4.78, 5) is 12.5. The van der Waals surface area contributed by atoms with E-state index < -0.39 is 5.41 Å². The van der Waals surface area contributed by atoms with Gasteiger partial charge in [-0.1, -0.05) is 20.8 Å². The Kier molecular flexibility index (Phi) is 8.71. The normalized spacial score (nSPS) is 18.2. The Balaban J connectivity index is 0.00000361. The summed E-state index contributed by atoms with van der Waals surface area (Å²) < 4.78 is 5.35. The second-order valence-corrected chi connectivity index (χ2v) is 5.84. The third-order valence-electron chi connectivity index (χ3n) is 5.20. The zero-order valence-electron chi connectivity index (χ0n) is 13.2. The van der Waals surface area contributed by atoms with Gasteiger partial charge in [0.15, 0.2) is 0 Å². The van der Waals surface area contributed by atoms with Gasteiger partial charge < -0.3 is 15.8 Å². The molecule has 1 aliphatic heterocycles. The SMILES string of the molecule is CCC(CC)(CC)CNC(=O)C1(CN)CCOCC1.Cl. The van der Waals surface area contributed by atoms with E-state index in [2.05, 4.69) is 26.1 Å². The average molecular weight is 307 g/mol. The fourth-order valence-corrected chi connectivity index (χ4v) is 2.87. The van der Waals surface area contributed by atoms with Crippen molar-refractivity contribution in [3.63, 3.8) is 0 Å². The van der Waals surface area contributed by atoms with Crippen molar-refractivity contribution in [3.05, 3.63) is 0 Å². The highest BCUT2D eigenvalue weighted by atomic mass is 35.5. The van der Waals surface area contributed by atoms with Crippen LogP contribution in [0, 0.1) is 10.8 Å². The van der Waals surface area contributed by atoms with Gasteiger partial charge in [-0.05, 0) is 37.5 Å². The van der Waals surface area contributed by atoms with Crippen LogP contribution in [0.1, 0.15) is 52.9 Å². The second-order valence-electron chi connectivity index (χ2n) is 5.84. The summed E-state index contributed by atoms with van der Waals surface area (Å²) >= 11 is 0. The average Bonchev–Trinajstić information content (AvgIpc) is 2.49. The van der Waals surface area contributed by atoms with Crippen molar-refractivity contribution in [2.75, 3.05) is 26.3 Å². The van der Waals surface area contributed by atoms with Crippen molar-refractivity contribution in [1.29, 1.82) is 0 Å². The van der Waals surface area contributed by atoms with Gasteiger partial charge in [0, 0.05) is 26.3 Å². The predicted molar refractivity (Wildman–Crippen MR) is 85.1 cm³/mol. The summed E-state index contributed by atoms with van der Waals surface area (Å²) in [6, 6.07) is 0. The fraction of sp³-hybridized carbons (Fsp3) is 0.933. The Labute approximate surface area is 129 Å². The van der Waals surface area contributed by atoms with Gasteiger partial charge in [-0.3, -0.25) is 4.79 Å². The largest absolute Gasteiger partial charge is 0.381 e. The van der Waals surface area contributed by atoms with Crippen LogP contribution in [0.15, 0.2) is 0 Å². The zero-order chi connectivity index (χ0) is 14.4. The molecule has 0 aromatic heterocycles. The molecule has 0 aliphatic carbocycles. The molecule has 20 heavy (non-hydrogen) atoms. The molecule has 1 aliphatic rings. The van der Waals surface area contributed by atoms with Crippen LogP contribution in [0.25, 0.3) is 0 Å². The van der Waals surface area contributed by atoms with Crippen LogP contribution >= 0.6 is 12.4 Å². The molecule has 3 N–H and O–H groups in total. The number of carbonyl (C=O) groups is 1. The molecule has 0 bridgehead atoms. The number of rotatable bonds is 7. The Morgan fingerprint density at radius 1 is 1.20 bits per heavy atom. The lowest BCUT2D eigenvalue weighted by Crippen LogP contribution is -2.51. The summed E-state index contributed by atoms with van der Waals surface area (Å²) in [7, 11) is 0. The van der Waals surface area contributed by atoms with Gasteiger partial charge in [0.2, 0.25) is 5.91 Å². The lowest BCUT2D eigenvalue weighted by atomic mass is 9.77. The minimum Gasteiger partial charge on any atom is -0.381 e. The van der Waals surface area contributed by atoms with E-state index in [4.69, 9.17) is 10.5 Å². The summed E-state index contributed by atoms with van der Waals surface area (Å²) in [6.45, 7) is 9.07. The Morgan fingerprint density at radius 3 is 2.10 bits per heavy atom. The van der Waals surface area contributed by atoms with Crippen LogP contribution in [0.4, 0.5) is 0 Å². The van der Waals surface area contributed by atoms with Crippen LogP contribution in [-0.4, -0.2) is 32.2 Å². The molecule has 1 heterocycles. The first-order chi connectivity index (χ1) is 9.08. The maximum atomic E-state index is 12.5. The van der Waals surface area contributed by atoms with Gasteiger partial charge >= 0.3 is 0 Å². The van der Waals surface area contributed by atoms with Crippen molar-refractivity contribution >= 4 is 18.3 Å². The highest BCUT2D eigenvalue weighted by Crippen LogP contribution is 2.32. The third-order valence-corrected chi connectivity index (χ3v) is 5.20. The molecule has 1 rings (SSSR count). The van der Waals surface area contributed by atoms with Gasteiger partial charge in [-0.25, -0.2) is 0 Å². The Hall–Kier alpha value is -0.320. The van der Waals surface area contributed by atoms with E-state index >= 15 is 0 Å². The number of hydrogen-bond acceptors (Lipinski definition) is 3. The molecule has 0 aromatic carbocycles. The number of halogens is 1. The van der Waals surface area contributed by atoms with Crippen LogP contribution in [0.2, 0.25) is 0 Å². The van der Waals surface area contributed by atoms with E-state index in [1.165, 1.54) is 0 Å². The molecule has 0 unspecified atom stereocenters. The van der Waals surface area contributed by atoms with Gasteiger partial charge in [0.05, 0.1) is 5.41 Å². The summed E-state index contributed by atoms with van der Waals surface area (Å²) in [5, 5.41) is 3.16. The quantitative estimate of drug-likeness (QED) is 0.759. The van der Waals surface area contributed by atoms with Crippen molar-refractivity contribution in [1.82, 2.24) is 5.32 Å². The molecule has 5 heteroatoms. The maximum absolute atomic E-state index is 12.5. The molecular weight excluding hydrogens is 276 g/mol. The predicted octanol–water partition coefficient (Wildman–Crippen LogP) is 2.50. The fourth-order valence-electron chi connectivity index (χ4n) is 2.87. The third kappa shape index (κ3) is 4.34. The van der Waals surface area contributed by atoms with Crippen molar-refractivity contribution in [3.8, 4) is 0 Å². The highest BCUT2D eigenvalue weighted by Gasteiger charge is 2.39. The maximum Gasteiger partial charge on any atom is 0.227 e. The highest BCUT2D eigenvalue weighted by molar-refractivity contribution is 5.85. The molecule has 4 nitrogen and oxygen atoms in total. The van der Waals surface area contributed by atoms with Crippen LogP contribution in [0.3, 0.4) is 0 Å². The van der Waals surface area contributed by atoms with Crippen molar-refractivity contribution < 1.29 is 9.53 Å². The molecule has 1 amide bonds. The summed E-state index contributed by atoms with van der Waals surface area (Å²) in [5.41, 5.74) is 5.69. The van der Waals surface area contributed by atoms with Crippen molar-refractivity contribution in [2.45, 2.75) is 52.9 Å². The van der Waals surface area contributed by atoms with Crippen molar-refractivity contribution in [2.24, 2.45) is 16.6 Å². The summed E-state index contributed by atoms with van der Waals surface area (Å²) in [5.74, 6) is 0.123. The number of carbonyl (C=O) groups excluding carboxylic acids is 1. The Bertz CT molecular complexity index is 279. The van der Waals surface area contributed by atoms with E-state index in [0.717, 1.165) is 38.6 Å². The molecule has 1 saturated heterocycles. The van der Waals surface area contributed by atoms with Crippen LogP contribution in [-0.2, 0) is 9.53 Å². The molecule has 1 fully saturated rings. The summed E-state index contributed by atoms with van der Waals surface area (Å²) in [6.07, 6.45) is 4.77. The number of ether oxygens (including phenoxy) is 1. The lowest BCUT2D eigenvalue weighted by molar-refractivity contribution is -0.136. The molecule has 0 saturated carbocycles. The van der Waals surface area contributed by atoms with E-state index in [0.29, 0.717) is 19.8 Å². The van der Waals surface area contributed by atoms with Crippen LogP contribution < -0.4 is 11.1 Å². The first-order valence-corrected chi connectivity index (χ1v) is 7.64. The topological polar surface area (TPSA) is 64.4 Å². The molecule has 0 radical (unpaired) electrons. The second kappa shape index (κ2) is 8.85. The minimum absolute atomic E-state index is 0. The molecule has 120 valence electrons. The zero-order valence-corrected chi connectivity index (χ0v) is 14.0. The minimum atomic E-state index is -0.404. The number of amides is 1. The monoisotopic (exact) mass is 306 g/mol.